The number of ether oxygens (including phenoxy) is 1. The van der Waals surface area contributed by atoms with E-state index >= 15 is 0 Å². The van der Waals surface area contributed by atoms with Crippen LogP contribution in [0.5, 0.6) is 0 Å². The smallest absolute Gasteiger partial charge is 0.255 e. The highest BCUT2D eigenvalue weighted by molar-refractivity contribution is 14.1. The van der Waals surface area contributed by atoms with E-state index in [1.54, 1.807) is 12.1 Å². The maximum absolute atomic E-state index is 13.6. The Hall–Kier alpha value is -1.42. The minimum absolute atomic E-state index is 0.0551. The largest absolute Gasteiger partial charge is 0.394 e. The molecule has 2 aromatic rings. The summed E-state index contributed by atoms with van der Waals surface area (Å²) in [5, 5.41) is 14.6. The van der Waals surface area contributed by atoms with Gasteiger partial charge in [-0.05, 0) is 59.0 Å². The third kappa shape index (κ3) is 5.30. The lowest BCUT2D eigenvalue weighted by molar-refractivity contribution is 0.0664. The SMILES string of the molecule is O=C(NCOCCO)c1ccc(F)cc1Nc1ccc(I)cc1Cl. The first-order valence-corrected chi connectivity index (χ1v) is 8.45. The third-order valence-electron chi connectivity index (χ3n) is 3.00. The molecule has 0 radical (unpaired) electrons. The molecule has 1 amide bonds. The van der Waals surface area contributed by atoms with Crippen molar-refractivity contribution in [2.45, 2.75) is 0 Å². The molecule has 0 unspecified atom stereocenters. The van der Waals surface area contributed by atoms with E-state index in [1.807, 2.05) is 6.07 Å². The second-order valence-corrected chi connectivity index (χ2v) is 6.37. The topological polar surface area (TPSA) is 70.6 Å². The summed E-state index contributed by atoms with van der Waals surface area (Å²) < 4.78 is 19.5. The summed E-state index contributed by atoms with van der Waals surface area (Å²) in [5.74, 6) is -0.913. The van der Waals surface area contributed by atoms with Crippen molar-refractivity contribution in [2.24, 2.45) is 0 Å². The van der Waals surface area contributed by atoms with Crippen molar-refractivity contribution in [1.82, 2.24) is 5.32 Å². The Morgan fingerprint density at radius 3 is 2.75 bits per heavy atom. The molecule has 0 bridgehead atoms. The first-order valence-electron chi connectivity index (χ1n) is 6.99. The molecule has 3 N–H and O–H groups in total. The highest BCUT2D eigenvalue weighted by atomic mass is 127. The van der Waals surface area contributed by atoms with Crippen molar-refractivity contribution in [1.29, 1.82) is 0 Å². The molecule has 5 nitrogen and oxygen atoms in total. The van der Waals surface area contributed by atoms with Gasteiger partial charge in [0.1, 0.15) is 12.5 Å². The number of aliphatic hydroxyl groups is 1. The van der Waals surface area contributed by atoms with Crippen LogP contribution in [0.4, 0.5) is 15.8 Å². The van der Waals surface area contributed by atoms with Gasteiger partial charge in [0.25, 0.3) is 5.91 Å². The van der Waals surface area contributed by atoms with Gasteiger partial charge in [0, 0.05) is 3.57 Å². The standard InChI is InChI=1S/C16H15ClFIN2O3/c17-13-8-11(19)2-4-14(13)21-15-7-10(18)1-3-12(15)16(23)20-9-24-6-5-22/h1-4,7-8,21-22H,5-6,9H2,(H,20,23). The van der Waals surface area contributed by atoms with Crippen molar-refractivity contribution in [3.63, 3.8) is 0 Å². The van der Waals surface area contributed by atoms with Crippen molar-refractivity contribution < 1.29 is 19.0 Å². The molecule has 0 spiro atoms. The molecular formula is C16H15ClFIN2O3. The first-order chi connectivity index (χ1) is 11.5. The van der Waals surface area contributed by atoms with Gasteiger partial charge in [-0.2, -0.15) is 0 Å². The van der Waals surface area contributed by atoms with E-state index in [2.05, 4.69) is 33.2 Å². The van der Waals surface area contributed by atoms with Gasteiger partial charge in [-0.3, -0.25) is 4.79 Å². The number of hydrogen-bond acceptors (Lipinski definition) is 4. The van der Waals surface area contributed by atoms with Gasteiger partial charge < -0.3 is 20.5 Å². The van der Waals surface area contributed by atoms with E-state index in [1.165, 1.54) is 18.2 Å². The Kier molecular flexibility index (Phi) is 7.22. The Bertz CT molecular complexity index is 730. The molecule has 2 rings (SSSR count). The van der Waals surface area contributed by atoms with E-state index in [0.717, 1.165) is 3.57 Å². The van der Waals surface area contributed by atoms with Crippen LogP contribution < -0.4 is 10.6 Å². The summed E-state index contributed by atoms with van der Waals surface area (Å²) in [4.78, 5) is 12.2. The van der Waals surface area contributed by atoms with E-state index in [9.17, 15) is 9.18 Å². The van der Waals surface area contributed by atoms with E-state index in [-0.39, 0.29) is 31.2 Å². The minimum atomic E-state index is -0.479. The van der Waals surface area contributed by atoms with Gasteiger partial charge in [-0.1, -0.05) is 11.6 Å². The average molecular weight is 465 g/mol. The Labute approximate surface area is 157 Å². The number of halogens is 3. The number of hydrogen-bond donors (Lipinski definition) is 3. The molecule has 0 aliphatic carbocycles. The Morgan fingerprint density at radius 1 is 1.25 bits per heavy atom. The van der Waals surface area contributed by atoms with Gasteiger partial charge >= 0.3 is 0 Å². The molecule has 0 aliphatic heterocycles. The van der Waals surface area contributed by atoms with Gasteiger partial charge in [0.05, 0.1) is 35.2 Å². The highest BCUT2D eigenvalue weighted by Gasteiger charge is 2.13. The molecule has 24 heavy (non-hydrogen) atoms. The van der Waals surface area contributed by atoms with E-state index < -0.39 is 11.7 Å². The van der Waals surface area contributed by atoms with Crippen LogP contribution in [0.15, 0.2) is 36.4 Å². The zero-order chi connectivity index (χ0) is 17.5. The maximum atomic E-state index is 13.6. The number of anilines is 2. The van der Waals surface area contributed by atoms with Gasteiger partial charge in [-0.25, -0.2) is 4.39 Å². The summed E-state index contributed by atoms with van der Waals surface area (Å²) in [6.45, 7) is -0.0713. The maximum Gasteiger partial charge on any atom is 0.255 e. The zero-order valence-corrected chi connectivity index (χ0v) is 15.4. The molecule has 8 heteroatoms. The van der Waals surface area contributed by atoms with Crippen LogP contribution in [-0.4, -0.2) is 31.0 Å². The number of carbonyl (C=O) groups excluding carboxylic acids is 1. The Balaban J connectivity index is 2.19. The molecule has 0 aliphatic rings. The molecule has 0 saturated heterocycles. The molecule has 0 aromatic heterocycles. The molecule has 0 fully saturated rings. The molecule has 128 valence electrons. The van der Waals surface area contributed by atoms with Crippen LogP contribution in [0.25, 0.3) is 0 Å². The third-order valence-corrected chi connectivity index (χ3v) is 3.98. The molecule has 0 heterocycles. The van der Waals surface area contributed by atoms with Gasteiger partial charge in [0.2, 0.25) is 0 Å². The molecule has 0 atom stereocenters. The van der Waals surface area contributed by atoms with Gasteiger partial charge in [-0.15, -0.1) is 0 Å². The quantitative estimate of drug-likeness (QED) is 0.333. The number of nitrogens with one attached hydrogen (secondary N) is 2. The van der Waals surface area contributed by atoms with Crippen molar-refractivity contribution >= 4 is 51.5 Å². The predicted octanol–water partition coefficient (Wildman–Crippen LogP) is 3.52. The van der Waals surface area contributed by atoms with Crippen LogP contribution in [0, 0.1) is 9.39 Å². The van der Waals surface area contributed by atoms with Crippen LogP contribution in [-0.2, 0) is 4.74 Å². The average Bonchev–Trinajstić information content (AvgIpc) is 2.54. The number of carbonyl (C=O) groups is 1. The molecule has 0 saturated carbocycles. The predicted molar refractivity (Wildman–Crippen MR) is 99.2 cm³/mol. The van der Waals surface area contributed by atoms with Gasteiger partial charge in [0.15, 0.2) is 0 Å². The van der Waals surface area contributed by atoms with E-state index in [0.29, 0.717) is 10.7 Å². The summed E-state index contributed by atoms with van der Waals surface area (Å²) >= 11 is 8.29. The summed E-state index contributed by atoms with van der Waals surface area (Å²) in [6, 6.07) is 9.14. The fourth-order valence-electron chi connectivity index (χ4n) is 1.90. The lowest BCUT2D eigenvalue weighted by atomic mass is 10.1. The van der Waals surface area contributed by atoms with E-state index in [4.69, 9.17) is 21.4 Å². The zero-order valence-electron chi connectivity index (χ0n) is 12.5. The molecule has 2 aromatic carbocycles. The minimum Gasteiger partial charge on any atom is -0.394 e. The fourth-order valence-corrected chi connectivity index (χ4v) is 2.81. The van der Waals surface area contributed by atoms with Crippen molar-refractivity contribution in [2.75, 3.05) is 25.3 Å². The normalized spacial score (nSPS) is 10.5. The second-order valence-electron chi connectivity index (χ2n) is 4.72. The lowest BCUT2D eigenvalue weighted by Crippen LogP contribution is -2.27. The Morgan fingerprint density at radius 2 is 2.04 bits per heavy atom. The van der Waals surface area contributed by atoms with Crippen molar-refractivity contribution in [3.05, 3.63) is 56.4 Å². The second kappa shape index (κ2) is 9.16. The molecular weight excluding hydrogens is 450 g/mol. The van der Waals surface area contributed by atoms with Crippen LogP contribution in [0.3, 0.4) is 0 Å². The monoisotopic (exact) mass is 464 g/mol. The summed E-state index contributed by atoms with van der Waals surface area (Å²) in [7, 11) is 0. The van der Waals surface area contributed by atoms with Crippen molar-refractivity contribution in [3.8, 4) is 0 Å². The van der Waals surface area contributed by atoms with Crippen LogP contribution in [0.1, 0.15) is 10.4 Å². The first kappa shape index (κ1) is 18.9. The highest BCUT2D eigenvalue weighted by Crippen LogP contribution is 2.29. The number of benzene rings is 2. The summed E-state index contributed by atoms with van der Waals surface area (Å²) in [5.41, 5.74) is 1.10. The number of aliphatic hydroxyl groups excluding tert-OH is 1. The lowest BCUT2D eigenvalue weighted by Gasteiger charge is -2.14. The number of amides is 1. The summed E-state index contributed by atoms with van der Waals surface area (Å²) in [6.07, 6.45) is 0. The van der Waals surface area contributed by atoms with Crippen LogP contribution in [0.2, 0.25) is 5.02 Å². The van der Waals surface area contributed by atoms with Crippen LogP contribution >= 0.6 is 34.2 Å². The fraction of sp³-hybridized carbons (Fsp3) is 0.188. The number of rotatable bonds is 7.